The summed E-state index contributed by atoms with van der Waals surface area (Å²) < 4.78 is 4.80. The number of ether oxygens (including phenoxy) is 1. The summed E-state index contributed by atoms with van der Waals surface area (Å²) in [6, 6.07) is 7.93. The Morgan fingerprint density at radius 2 is 1.88 bits per heavy atom. The Labute approximate surface area is 150 Å². The predicted octanol–water partition coefficient (Wildman–Crippen LogP) is 2.89. The van der Waals surface area contributed by atoms with E-state index in [9.17, 15) is 14.4 Å². The van der Waals surface area contributed by atoms with Gasteiger partial charge in [0.15, 0.2) is 0 Å². The molecule has 6 nitrogen and oxygen atoms in total. The van der Waals surface area contributed by atoms with Crippen molar-refractivity contribution in [2.24, 2.45) is 0 Å². The highest BCUT2D eigenvalue weighted by atomic mass is 32.2. The Balaban J connectivity index is 1.69. The van der Waals surface area contributed by atoms with Gasteiger partial charge in [0.25, 0.3) is 11.1 Å². The number of hydrogen-bond donors (Lipinski definition) is 0. The molecule has 132 valence electrons. The standard InChI is InChI=1S/C18H20N2O4S/c1-2-24-16(21)12-20-17(22)15(25-18(20)23)11-13-5-7-14(8-6-13)19-9-3-4-10-19/h5-8,11H,2-4,9-10,12H2,1H3/b15-11-. The third kappa shape index (κ3) is 4.04. The molecule has 0 saturated carbocycles. The smallest absolute Gasteiger partial charge is 0.326 e. The van der Waals surface area contributed by atoms with E-state index in [0.717, 1.165) is 35.3 Å². The second-order valence-electron chi connectivity index (χ2n) is 5.86. The summed E-state index contributed by atoms with van der Waals surface area (Å²) in [6.07, 6.45) is 4.12. The van der Waals surface area contributed by atoms with Gasteiger partial charge < -0.3 is 9.64 Å². The lowest BCUT2D eigenvalue weighted by Gasteiger charge is -2.17. The van der Waals surface area contributed by atoms with Crippen LogP contribution >= 0.6 is 11.8 Å². The van der Waals surface area contributed by atoms with Crippen LogP contribution in [0.5, 0.6) is 0 Å². The number of nitrogens with zero attached hydrogens (tertiary/aromatic N) is 2. The van der Waals surface area contributed by atoms with Crippen molar-refractivity contribution >= 4 is 40.6 Å². The number of esters is 1. The van der Waals surface area contributed by atoms with Crippen LogP contribution < -0.4 is 4.90 Å². The number of carbonyl (C=O) groups excluding carboxylic acids is 3. The van der Waals surface area contributed by atoms with Crippen molar-refractivity contribution < 1.29 is 19.1 Å². The fourth-order valence-corrected chi connectivity index (χ4v) is 3.72. The summed E-state index contributed by atoms with van der Waals surface area (Å²) in [7, 11) is 0. The first-order valence-corrected chi connectivity index (χ1v) is 9.16. The van der Waals surface area contributed by atoms with E-state index in [1.807, 2.05) is 24.3 Å². The van der Waals surface area contributed by atoms with Crippen LogP contribution in [0.4, 0.5) is 10.5 Å². The van der Waals surface area contributed by atoms with Crippen molar-refractivity contribution in [3.63, 3.8) is 0 Å². The Morgan fingerprint density at radius 3 is 2.52 bits per heavy atom. The minimum Gasteiger partial charge on any atom is -0.465 e. The van der Waals surface area contributed by atoms with Gasteiger partial charge in [0.2, 0.25) is 0 Å². The zero-order valence-corrected chi connectivity index (χ0v) is 14.9. The zero-order valence-electron chi connectivity index (χ0n) is 14.1. The third-order valence-electron chi connectivity index (χ3n) is 4.13. The average molecular weight is 360 g/mol. The average Bonchev–Trinajstić information content (AvgIpc) is 3.21. The number of imide groups is 1. The molecule has 0 unspecified atom stereocenters. The van der Waals surface area contributed by atoms with Crippen molar-refractivity contribution in [1.82, 2.24) is 4.90 Å². The van der Waals surface area contributed by atoms with E-state index in [2.05, 4.69) is 4.90 Å². The number of amides is 2. The number of benzene rings is 1. The highest BCUT2D eigenvalue weighted by Gasteiger charge is 2.36. The fraction of sp³-hybridized carbons (Fsp3) is 0.389. The summed E-state index contributed by atoms with van der Waals surface area (Å²) in [5.41, 5.74) is 2.02. The molecular formula is C18H20N2O4S. The van der Waals surface area contributed by atoms with Gasteiger partial charge in [-0.3, -0.25) is 19.3 Å². The van der Waals surface area contributed by atoms with Crippen LogP contribution in [0.25, 0.3) is 6.08 Å². The van der Waals surface area contributed by atoms with Crippen LogP contribution in [0.1, 0.15) is 25.3 Å². The van der Waals surface area contributed by atoms with E-state index in [1.54, 1.807) is 13.0 Å². The Kier molecular flexibility index (Phi) is 5.43. The van der Waals surface area contributed by atoms with Crippen LogP contribution in [0.3, 0.4) is 0 Å². The summed E-state index contributed by atoms with van der Waals surface area (Å²) in [6.45, 7) is 3.70. The van der Waals surface area contributed by atoms with Gasteiger partial charge in [0.1, 0.15) is 6.54 Å². The first-order chi connectivity index (χ1) is 12.1. The minimum atomic E-state index is -0.582. The number of anilines is 1. The van der Waals surface area contributed by atoms with Gasteiger partial charge >= 0.3 is 5.97 Å². The number of rotatable bonds is 5. The number of carbonyl (C=O) groups is 3. The fourth-order valence-electron chi connectivity index (χ4n) is 2.88. The van der Waals surface area contributed by atoms with Gasteiger partial charge in [-0.05, 0) is 55.3 Å². The lowest BCUT2D eigenvalue weighted by molar-refractivity contribution is -0.145. The zero-order chi connectivity index (χ0) is 17.8. The molecule has 7 heteroatoms. The van der Waals surface area contributed by atoms with Gasteiger partial charge in [0, 0.05) is 18.8 Å². The molecule has 2 amide bonds. The van der Waals surface area contributed by atoms with Crippen molar-refractivity contribution in [1.29, 1.82) is 0 Å². The van der Waals surface area contributed by atoms with Crippen LogP contribution in [0.15, 0.2) is 29.2 Å². The summed E-state index contributed by atoms with van der Waals surface area (Å²) in [5.74, 6) is -1.03. The van der Waals surface area contributed by atoms with Gasteiger partial charge in [-0.1, -0.05) is 12.1 Å². The topological polar surface area (TPSA) is 66.9 Å². The first-order valence-electron chi connectivity index (χ1n) is 8.34. The second-order valence-corrected chi connectivity index (χ2v) is 6.85. The van der Waals surface area contributed by atoms with Gasteiger partial charge in [-0.2, -0.15) is 0 Å². The number of hydrogen-bond acceptors (Lipinski definition) is 6. The lowest BCUT2D eigenvalue weighted by atomic mass is 10.2. The van der Waals surface area contributed by atoms with E-state index in [4.69, 9.17) is 4.74 Å². The molecule has 0 aromatic heterocycles. The molecule has 0 aliphatic carbocycles. The number of thioether (sulfide) groups is 1. The summed E-state index contributed by atoms with van der Waals surface area (Å²) >= 11 is 0.847. The highest BCUT2D eigenvalue weighted by molar-refractivity contribution is 8.18. The maximum absolute atomic E-state index is 12.3. The lowest BCUT2D eigenvalue weighted by Crippen LogP contribution is -2.34. The molecule has 0 radical (unpaired) electrons. The molecule has 2 aliphatic rings. The van der Waals surface area contributed by atoms with Gasteiger partial charge in [0.05, 0.1) is 11.5 Å². The monoisotopic (exact) mass is 360 g/mol. The molecule has 1 aromatic carbocycles. The Bertz CT molecular complexity index is 708. The molecule has 3 rings (SSSR count). The van der Waals surface area contributed by atoms with Crippen LogP contribution in [0, 0.1) is 0 Å². The molecule has 25 heavy (non-hydrogen) atoms. The molecule has 0 bridgehead atoms. The Morgan fingerprint density at radius 1 is 1.20 bits per heavy atom. The van der Waals surface area contributed by atoms with Crippen LogP contribution in [-0.2, 0) is 14.3 Å². The molecule has 2 heterocycles. The maximum Gasteiger partial charge on any atom is 0.326 e. The molecule has 0 spiro atoms. The van der Waals surface area contributed by atoms with Crippen LogP contribution in [0.2, 0.25) is 0 Å². The molecule has 2 aliphatic heterocycles. The molecule has 2 saturated heterocycles. The molecule has 0 N–H and O–H groups in total. The van der Waals surface area contributed by atoms with E-state index in [0.29, 0.717) is 4.91 Å². The predicted molar refractivity (Wildman–Crippen MR) is 97.2 cm³/mol. The molecule has 2 fully saturated rings. The van der Waals surface area contributed by atoms with Gasteiger partial charge in [-0.25, -0.2) is 0 Å². The molecule has 1 aromatic rings. The SMILES string of the molecule is CCOC(=O)CN1C(=O)S/C(=C\c2ccc(N3CCCC3)cc2)C1=O. The summed E-state index contributed by atoms with van der Waals surface area (Å²) in [5, 5.41) is -0.446. The van der Waals surface area contributed by atoms with Crippen molar-refractivity contribution in [3.05, 3.63) is 34.7 Å². The van der Waals surface area contributed by atoms with Crippen LogP contribution in [-0.4, -0.2) is 48.3 Å². The van der Waals surface area contributed by atoms with Crippen molar-refractivity contribution in [2.75, 3.05) is 31.1 Å². The quantitative estimate of drug-likeness (QED) is 0.594. The summed E-state index contributed by atoms with van der Waals surface area (Å²) in [4.78, 5) is 39.4. The highest BCUT2D eigenvalue weighted by Crippen LogP contribution is 2.32. The maximum atomic E-state index is 12.3. The van der Waals surface area contributed by atoms with E-state index in [-0.39, 0.29) is 13.2 Å². The molecular weight excluding hydrogens is 340 g/mol. The van der Waals surface area contributed by atoms with Crippen molar-refractivity contribution in [2.45, 2.75) is 19.8 Å². The molecule has 0 atom stereocenters. The minimum absolute atomic E-state index is 0.217. The van der Waals surface area contributed by atoms with E-state index >= 15 is 0 Å². The van der Waals surface area contributed by atoms with Gasteiger partial charge in [-0.15, -0.1) is 0 Å². The first kappa shape index (κ1) is 17.5. The largest absolute Gasteiger partial charge is 0.465 e. The van der Waals surface area contributed by atoms with E-state index in [1.165, 1.54) is 18.5 Å². The second kappa shape index (κ2) is 7.74. The van der Waals surface area contributed by atoms with Crippen molar-refractivity contribution in [3.8, 4) is 0 Å². The normalized spacial score (nSPS) is 19.2. The third-order valence-corrected chi connectivity index (χ3v) is 5.04. The Hall–Kier alpha value is -2.28. The van der Waals surface area contributed by atoms with E-state index < -0.39 is 17.1 Å².